The molecule has 1 aromatic heterocycles. The van der Waals surface area contributed by atoms with E-state index in [2.05, 4.69) is 22.4 Å². The molecule has 0 spiro atoms. The average Bonchev–Trinajstić information content (AvgIpc) is 3.09. The van der Waals surface area contributed by atoms with Crippen molar-refractivity contribution in [3.05, 3.63) is 41.4 Å². The van der Waals surface area contributed by atoms with E-state index in [1.165, 1.54) is 0 Å². The number of likely N-dealkylation sites (tertiary alicyclic amines) is 1. The molecule has 4 nitrogen and oxygen atoms in total. The number of thiazole rings is 1. The topological polar surface area (TPSA) is 53.4 Å². The van der Waals surface area contributed by atoms with Crippen molar-refractivity contribution in [1.29, 1.82) is 0 Å². The van der Waals surface area contributed by atoms with Gasteiger partial charge in [-0.05, 0) is 18.9 Å². The van der Waals surface area contributed by atoms with E-state index in [1.807, 2.05) is 18.2 Å². The molecule has 2 heterocycles. The zero-order valence-electron chi connectivity index (χ0n) is 11.7. The Hall–Kier alpha value is -1.72. The number of aromatic nitrogens is 1. The summed E-state index contributed by atoms with van der Waals surface area (Å²) in [5.74, 6) is -0.406. The molecule has 0 radical (unpaired) electrons. The molecule has 5 heteroatoms. The molecule has 2 aromatic rings. The summed E-state index contributed by atoms with van der Waals surface area (Å²) in [6.45, 7) is 2.65. The maximum Gasteiger partial charge on any atom is 0.303 e. The Bertz CT molecular complexity index is 612. The number of carboxylic acids is 1. The molecule has 3 rings (SSSR count). The van der Waals surface area contributed by atoms with E-state index in [1.54, 1.807) is 11.3 Å². The van der Waals surface area contributed by atoms with Gasteiger partial charge < -0.3 is 5.11 Å². The van der Waals surface area contributed by atoms with Gasteiger partial charge in [-0.3, -0.25) is 9.69 Å². The number of hydrogen-bond acceptors (Lipinski definition) is 4. The summed E-state index contributed by atoms with van der Waals surface area (Å²) < 4.78 is 0. The smallest absolute Gasteiger partial charge is 0.303 e. The average molecular weight is 302 g/mol. The van der Waals surface area contributed by atoms with Gasteiger partial charge in [-0.1, -0.05) is 30.3 Å². The van der Waals surface area contributed by atoms with E-state index in [0.717, 1.165) is 42.3 Å². The fourth-order valence-corrected chi connectivity index (χ4v) is 3.61. The maximum absolute atomic E-state index is 10.8. The van der Waals surface area contributed by atoms with Gasteiger partial charge >= 0.3 is 5.97 Å². The largest absolute Gasteiger partial charge is 0.481 e. The molecule has 1 aliphatic rings. The molecule has 0 bridgehead atoms. The van der Waals surface area contributed by atoms with Crippen LogP contribution in [0.25, 0.3) is 10.6 Å². The first-order valence-electron chi connectivity index (χ1n) is 7.14. The van der Waals surface area contributed by atoms with E-state index in [-0.39, 0.29) is 12.3 Å². The van der Waals surface area contributed by atoms with Crippen LogP contribution in [-0.2, 0) is 11.3 Å². The Labute approximate surface area is 128 Å². The van der Waals surface area contributed by atoms with E-state index >= 15 is 0 Å². The van der Waals surface area contributed by atoms with Gasteiger partial charge in [-0.2, -0.15) is 0 Å². The standard InChI is InChI=1S/C16H18N2O2S/c19-15(20)8-12-6-7-18(9-12)10-14-11-21-16(17-14)13-4-2-1-3-5-13/h1-5,11-12H,6-10H2,(H,19,20). The van der Waals surface area contributed by atoms with Gasteiger partial charge in [0.25, 0.3) is 0 Å². The number of rotatable bonds is 5. The Morgan fingerprint density at radius 1 is 1.38 bits per heavy atom. The quantitative estimate of drug-likeness (QED) is 0.922. The maximum atomic E-state index is 10.8. The minimum absolute atomic E-state index is 0.281. The zero-order valence-corrected chi connectivity index (χ0v) is 12.6. The number of carbonyl (C=O) groups is 1. The molecule has 1 atom stereocenters. The molecule has 1 aliphatic heterocycles. The van der Waals surface area contributed by atoms with Gasteiger partial charge in [-0.25, -0.2) is 4.98 Å². The van der Waals surface area contributed by atoms with E-state index in [0.29, 0.717) is 0 Å². The summed E-state index contributed by atoms with van der Waals surface area (Å²) in [7, 11) is 0. The number of hydrogen-bond donors (Lipinski definition) is 1. The lowest BCUT2D eigenvalue weighted by atomic mass is 10.1. The molecule has 0 amide bonds. The van der Waals surface area contributed by atoms with Crippen molar-refractivity contribution in [1.82, 2.24) is 9.88 Å². The molecule has 1 saturated heterocycles. The summed E-state index contributed by atoms with van der Waals surface area (Å²) in [4.78, 5) is 17.7. The van der Waals surface area contributed by atoms with E-state index in [9.17, 15) is 4.79 Å². The van der Waals surface area contributed by atoms with Crippen LogP contribution in [0.3, 0.4) is 0 Å². The van der Waals surface area contributed by atoms with Crippen LogP contribution < -0.4 is 0 Å². The second kappa shape index (κ2) is 6.37. The summed E-state index contributed by atoms with van der Waals surface area (Å²) in [6.07, 6.45) is 1.25. The summed E-state index contributed by atoms with van der Waals surface area (Å²) in [6, 6.07) is 10.2. The fraction of sp³-hybridized carbons (Fsp3) is 0.375. The molecule has 1 unspecified atom stereocenters. The number of nitrogens with zero attached hydrogens (tertiary/aromatic N) is 2. The number of carboxylic acid groups (broad SMARTS) is 1. The minimum Gasteiger partial charge on any atom is -0.481 e. The van der Waals surface area contributed by atoms with Crippen LogP contribution in [0.4, 0.5) is 0 Å². The molecule has 1 fully saturated rings. The first kappa shape index (κ1) is 14.2. The minimum atomic E-state index is -0.693. The van der Waals surface area contributed by atoms with Crippen molar-refractivity contribution in [2.45, 2.75) is 19.4 Å². The van der Waals surface area contributed by atoms with Crippen molar-refractivity contribution >= 4 is 17.3 Å². The van der Waals surface area contributed by atoms with Gasteiger partial charge in [0, 0.05) is 30.5 Å². The van der Waals surface area contributed by atoms with Crippen LogP contribution >= 0.6 is 11.3 Å². The Kier molecular flexibility index (Phi) is 4.31. The number of benzene rings is 1. The predicted molar refractivity (Wildman–Crippen MR) is 83.2 cm³/mol. The molecule has 0 saturated carbocycles. The second-order valence-electron chi connectivity index (χ2n) is 5.50. The normalized spacial score (nSPS) is 19.0. The third-order valence-corrected chi connectivity index (χ3v) is 4.73. The lowest BCUT2D eigenvalue weighted by Crippen LogP contribution is -2.21. The predicted octanol–water partition coefficient (Wildman–Crippen LogP) is 3.11. The molecular formula is C16H18N2O2S. The van der Waals surface area contributed by atoms with E-state index < -0.39 is 5.97 Å². The summed E-state index contributed by atoms with van der Waals surface area (Å²) in [5, 5.41) is 12.0. The highest BCUT2D eigenvalue weighted by molar-refractivity contribution is 7.13. The van der Waals surface area contributed by atoms with Crippen molar-refractivity contribution in [3.8, 4) is 10.6 Å². The zero-order chi connectivity index (χ0) is 14.7. The Morgan fingerprint density at radius 2 is 2.19 bits per heavy atom. The van der Waals surface area contributed by atoms with Crippen molar-refractivity contribution in [2.75, 3.05) is 13.1 Å². The first-order chi connectivity index (χ1) is 10.2. The molecule has 1 N–H and O–H groups in total. The second-order valence-corrected chi connectivity index (χ2v) is 6.36. The van der Waals surface area contributed by atoms with E-state index in [4.69, 9.17) is 10.1 Å². The van der Waals surface area contributed by atoms with Crippen molar-refractivity contribution in [3.63, 3.8) is 0 Å². The van der Waals surface area contributed by atoms with Gasteiger partial charge in [0.05, 0.1) is 5.69 Å². The number of aliphatic carboxylic acids is 1. The van der Waals surface area contributed by atoms with Crippen molar-refractivity contribution in [2.24, 2.45) is 5.92 Å². The summed E-state index contributed by atoms with van der Waals surface area (Å²) in [5.41, 5.74) is 2.23. The third-order valence-electron chi connectivity index (χ3n) is 3.79. The SMILES string of the molecule is O=C(O)CC1CCN(Cc2csc(-c3ccccc3)n2)C1. The highest BCUT2D eigenvalue weighted by Crippen LogP contribution is 2.26. The highest BCUT2D eigenvalue weighted by Gasteiger charge is 2.24. The Balaban J connectivity index is 1.60. The molecule has 0 aliphatic carbocycles. The fourth-order valence-electron chi connectivity index (χ4n) is 2.79. The van der Waals surface area contributed by atoms with Crippen LogP contribution in [-0.4, -0.2) is 34.0 Å². The monoisotopic (exact) mass is 302 g/mol. The first-order valence-corrected chi connectivity index (χ1v) is 8.02. The third kappa shape index (κ3) is 3.68. The highest BCUT2D eigenvalue weighted by atomic mass is 32.1. The molecule has 21 heavy (non-hydrogen) atoms. The lowest BCUT2D eigenvalue weighted by Gasteiger charge is -2.13. The van der Waals surface area contributed by atoms with Gasteiger partial charge in [0.2, 0.25) is 0 Å². The molecular weight excluding hydrogens is 284 g/mol. The van der Waals surface area contributed by atoms with Crippen LogP contribution in [0.2, 0.25) is 0 Å². The Morgan fingerprint density at radius 3 is 2.95 bits per heavy atom. The van der Waals surface area contributed by atoms with Crippen molar-refractivity contribution < 1.29 is 9.90 Å². The van der Waals surface area contributed by atoms with Crippen LogP contribution in [0.5, 0.6) is 0 Å². The summed E-state index contributed by atoms with van der Waals surface area (Å²) >= 11 is 1.67. The van der Waals surface area contributed by atoms with Crippen LogP contribution in [0.1, 0.15) is 18.5 Å². The molecule has 1 aromatic carbocycles. The van der Waals surface area contributed by atoms with Gasteiger partial charge in [-0.15, -0.1) is 11.3 Å². The van der Waals surface area contributed by atoms with Gasteiger partial charge in [0.1, 0.15) is 5.01 Å². The molecule has 110 valence electrons. The lowest BCUT2D eigenvalue weighted by molar-refractivity contribution is -0.138. The van der Waals surface area contributed by atoms with Gasteiger partial charge in [0.15, 0.2) is 0 Å². The van der Waals surface area contributed by atoms with Crippen LogP contribution in [0, 0.1) is 5.92 Å². The van der Waals surface area contributed by atoms with Crippen LogP contribution in [0.15, 0.2) is 35.7 Å².